The van der Waals surface area contributed by atoms with E-state index in [1.165, 1.54) is 24.0 Å². The number of allylic oxidation sites excluding steroid dienone is 2. The minimum atomic E-state index is -1.93. The van der Waals surface area contributed by atoms with E-state index in [2.05, 4.69) is 116 Å². The van der Waals surface area contributed by atoms with Gasteiger partial charge in [0.15, 0.2) is 8.32 Å². The Morgan fingerprint density at radius 2 is 1.76 bits per heavy atom. The molecule has 0 N–H and O–H groups in total. The van der Waals surface area contributed by atoms with Crippen molar-refractivity contribution in [3.8, 4) is 11.8 Å². The molecule has 248 valence electrons. The summed E-state index contributed by atoms with van der Waals surface area (Å²) in [5.74, 6) is 9.34. The minimum absolute atomic E-state index is 0.0212. The van der Waals surface area contributed by atoms with Crippen LogP contribution in [0.2, 0.25) is 18.1 Å². The molecule has 4 rings (SSSR count). The molecule has 0 heterocycles. The van der Waals surface area contributed by atoms with Gasteiger partial charge < -0.3 is 9.16 Å². The number of esters is 1. The molecule has 0 radical (unpaired) electrons. The Morgan fingerprint density at radius 1 is 1.07 bits per heavy atom. The highest BCUT2D eigenvalue weighted by atomic mass is 28.4. The second-order valence-corrected chi connectivity index (χ2v) is 21.5. The molecule has 0 aliphatic heterocycles. The molecule has 1 aromatic rings. The zero-order valence-electron chi connectivity index (χ0n) is 30.1. The van der Waals surface area contributed by atoms with Crippen molar-refractivity contribution in [2.45, 2.75) is 143 Å². The van der Waals surface area contributed by atoms with Crippen LogP contribution >= 0.6 is 0 Å². The molecule has 0 bridgehead atoms. The summed E-state index contributed by atoms with van der Waals surface area (Å²) in [7, 11) is -1.93. The normalized spacial score (nSPS) is 29.7. The van der Waals surface area contributed by atoms with Crippen molar-refractivity contribution < 1.29 is 14.0 Å². The summed E-state index contributed by atoms with van der Waals surface area (Å²) in [5, 5.41) is 0.162. The molecule has 3 saturated carbocycles. The summed E-state index contributed by atoms with van der Waals surface area (Å²) in [4.78, 5) is 13.4. The molecular formula is C41H62O3Si. The van der Waals surface area contributed by atoms with Gasteiger partial charge in [-0.15, -0.1) is 11.8 Å². The van der Waals surface area contributed by atoms with Crippen LogP contribution in [-0.4, -0.2) is 26.5 Å². The lowest BCUT2D eigenvalue weighted by atomic mass is 9.66. The van der Waals surface area contributed by atoms with E-state index >= 15 is 0 Å². The summed E-state index contributed by atoms with van der Waals surface area (Å²) >= 11 is 0. The monoisotopic (exact) mass is 630 g/mol. The first kappa shape index (κ1) is 35.8. The third-order valence-electron chi connectivity index (χ3n) is 12.1. The second kappa shape index (κ2) is 14.8. The minimum Gasteiger partial charge on any atom is -0.459 e. The largest absolute Gasteiger partial charge is 0.459 e. The number of fused-ring (bicyclic) bond motifs is 1. The lowest BCUT2D eigenvalue weighted by Crippen LogP contribution is -2.45. The zero-order chi connectivity index (χ0) is 33.0. The van der Waals surface area contributed by atoms with E-state index in [9.17, 15) is 4.79 Å². The molecule has 3 fully saturated rings. The van der Waals surface area contributed by atoms with Gasteiger partial charge in [0, 0.05) is 18.4 Å². The fourth-order valence-corrected chi connectivity index (χ4v) is 9.58. The quantitative estimate of drug-likeness (QED) is 0.0848. The summed E-state index contributed by atoms with van der Waals surface area (Å²) < 4.78 is 13.3. The topological polar surface area (TPSA) is 35.5 Å². The van der Waals surface area contributed by atoms with E-state index in [-0.39, 0.29) is 28.6 Å². The smallest absolute Gasteiger partial charge is 0.330 e. The van der Waals surface area contributed by atoms with Gasteiger partial charge in [0.25, 0.3) is 0 Å². The number of benzene rings is 1. The molecule has 8 atom stereocenters. The molecule has 1 aromatic carbocycles. The molecule has 0 spiro atoms. The number of carbonyl (C=O) groups excluding carboxylic acids is 1. The van der Waals surface area contributed by atoms with E-state index < -0.39 is 8.32 Å². The van der Waals surface area contributed by atoms with Crippen molar-refractivity contribution in [3.63, 3.8) is 0 Å². The van der Waals surface area contributed by atoms with Crippen LogP contribution in [0.1, 0.15) is 112 Å². The first-order valence-corrected chi connectivity index (χ1v) is 20.8. The molecule has 0 aromatic heterocycles. The number of hydrogen-bond acceptors (Lipinski definition) is 3. The van der Waals surface area contributed by atoms with Gasteiger partial charge in [-0.1, -0.05) is 103 Å². The molecule has 4 heteroatoms. The maximum Gasteiger partial charge on any atom is 0.330 e. The van der Waals surface area contributed by atoms with Gasteiger partial charge in [-0.25, -0.2) is 4.79 Å². The Kier molecular flexibility index (Phi) is 11.7. The van der Waals surface area contributed by atoms with E-state index in [0.29, 0.717) is 35.5 Å². The third kappa shape index (κ3) is 8.64. The molecule has 0 amide bonds. The van der Waals surface area contributed by atoms with Crippen LogP contribution in [0.3, 0.4) is 0 Å². The number of hydrogen-bond donors (Lipinski definition) is 0. The molecule has 3 aliphatic carbocycles. The van der Waals surface area contributed by atoms with Crippen molar-refractivity contribution >= 4 is 14.3 Å². The first-order chi connectivity index (χ1) is 21.1. The van der Waals surface area contributed by atoms with Gasteiger partial charge in [-0.3, -0.25) is 0 Å². The second-order valence-electron chi connectivity index (χ2n) is 16.7. The number of carbonyl (C=O) groups is 1. The average Bonchev–Trinajstić information content (AvgIpc) is 3.49. The first-order valence-electron chi connectivity index (χ1n) is 17.9. The van der Waals surface area contributed by atoms with Crippen molar-refractivity contribution in [1.29, 1.82) is 0 Å². The van der Waals surface area contributed by atoms with Gasteiger partial charge >= 0.3 is 5.97 Å². The zero-order valence-corrected chi connectivity index (χ0v) is 31.1. The SMILES string of the molecule is CC#CC[C@H](C)[C@@H](/C=C/[C@@H]1[C@H]2C/C(=C/C(=O)OC3CCCCC3C(C)(C)c3ccccc3)C[C@H]2C[C@H]1C)O[Si](C)(C)C(C)(C)C. The van der Waals surface area contributed by atoms with Gasteiger partial charge in [0.1, 0.15) is 6.10 Å². The van der Waals surface area contributed by atoms with Crippen molar-refractivity contribution in [2.24, 2.45) is 35.5 Å². The Labute approximate surface area is 277 Å². The summed E-state index contributed by atoms with van der Waals surface area (Å²) in [6.07, 6.45) is 15.3. The molecule has 2 unspecified atom stereocenters. The molecule has 3 aliphatic rings. The number of rotatable bonds is 10. The van der Waals surface area contributed by atoms with E-state index in [0.717, 1.165) is 38.5 Å². The molecule has 45 heavy (non-hydrogen) atoms. The van der Waals surface area contributed by atoms with Gasteiger partial charge in [0.2, 0.25) is 0 Å². The fourth-order valence-electron chi connectivity index (χ4n) is 8.23. The van der Waals surface area contributed by atoms with Gasteiger partial charge in [-0.2, -0.15) is 0 Å². The van der Waals surface area contributed by atoms with Gasteiger partial charge in [-0.05, 0) is 104 Å². The highest BCUT2D eigenvalue weighted by molar-refractivity contribution is 6.74. The molecule has 0 saturated heterocycles. The summed E-state index contributed by atoms with van der Waals surface area (Å²) in [6.45, 7) is 22.9. The Morgan fingerprint density at radius 3 is 2.42 bits per heavy atom. The lowest BCUT2D eigenvalue weighted by Gasteiger charge is -2.42. The predicted molar refractivity (Wildman–Crippen MR) is 191 cm³/mol. The highest BCUT2D eigenvalue weighted by Crippen LogP contribution is 2.53. The van der Waals surface area contributed by atoms with Crippen LogP contribution < -0.4 is 0 Å². The summed E-state index contributed by atoms with van der Waals surface area (Å²) in [5.41, 5.74) is 2.58. The van der Waals surface area contributed by atoms with Crippen molar-refractivity contribution in [3.05, 3.63) is 59.7 Å². The highest BCUT2D eigenvalue weighted by Gasteiger charge is 2.45. The summed E-state index contributed by atoms with van der Waals surface area (Å²) in [6, 6.07) is 10.8. The maximum absolute atomic E-state index is 13.4. The fraction of sp³-hybridized carbons (Fsp3) is 0.683. The van der Waals surface area contributed by atoms with Crippen LogP contribution in [0, 0.1) is 47.3 Å². The Balaban J connectivity index is 1.44. The molecular weight excluding hydrogens is 569 g/mol. The third-order valence-corrected chi connectivity index (χ3v) is 16.6. The van der Waals surface area contributed by atoms with E-state index in [4.69, 9.17) is 9.16 Å². The lowest BCUT2D eigenvalue weighted by molar-refractivity contribution is -0.149. The van der Waals surface area contributed by atoms with E-state index in [1.807, 2.05) is 13.0 Å². The predicted octanol–water partition coefficient (Wildman–Crippen LogP) is 10.7. The Bertz CT molecular complexity index is 1260. The van der Waals surface area contributed by atoms with Crippen LogP contribution in [0.4, 0.5) is 0 Å². The van der Waals surface area contributed by atoms with E-state index in [1.54, 1.807) is 0 Å². The van der Waals surface area contributed by atoms with Crippen molar-refractivity contribution in [2.75, 3.05) is 0 Å². The molecule has 3 nitrogen and oxygen atoms in total. The van der Waals surface area contributed by atoms with Crippen molar-refractivity contribution in [1.82, 2.24) is 0 Å². The van der Waals surface area contributed by atoms with Gasteiger partial charge in [0.05, 0.1) is 6.10 Å². The van der Waals surface area contributed by atoms with Crippen LogP contribution in [0.5, 0.6) is 0 Å². The Hall–Kier alpha value is -2.09. The van der Waals surface area contributed by atoms with Crippen LogP contribution in [0.25, 0.3) is 0 Å². The van der Waals surface area contributed by atoms with Crippen LogP contribution in [-0.2, 0) is 19.4 Å². The standard InChI is InChI=1S/C41H62O3Si/c1-11-12-18-29(2)37(44-45(9,10)40(4,5)6)24-23-34-30(3)25-32-26-31(27-35(32)34)28-39(42)43-38-22-17-16-21-36(38)41(7,8)33-19-14-13-15-20-33/h13-15,19-20,23-24,28-30,32,34-38H,16-18,21-22,25-27H2,1-10H3/b24-23+,31-28+/t29-,30+,32+,34-,35-,36?,37+,38?/m0/s1. The van der Waals surface area contributed by atoms with Crippen LogP contribution in [0.15, 0.2) is 54.1 Å². The maximum atomic E-state index is 13.4. The number of ether oxygens (including phenoxy) is 1. The average molecular weight is 631 g/mol.